The molecule has 0 atom stereocenters. The van der Waals surface area contributed by atoms with Gasteiger partial charge >= 0.3 is 0 Å². The van der Waals surface area contributed by atoms with E-state index in [1.165, 1.54) is 64.0 Å². The monoisotopic (exact) mass is 603 g/mol. The molecule has 2 heteroatoms. The van der Waals surface area contributed by atoms with Gasteiger partial charge in [-0.1, -0.05) is 140 Å². The van der Waals surface area contributed by atoms with Gasteiger partial charge in [0.25, 0.3) is 0 Å². The van der Waals surface area contributed by atoms with Crippen LogP contribution in [0.1, 0.15) is 0 Å². The minimum Gasteiger partial charge on any atom is -0.310 e. The molecule has 0 aliphatic heterocycles. The lowest BCUT2D eigenvalue weighted by molar-refractivity contribution is 1.29. The first kappa shape index (κ1) is 26.7. The van der Waals surface area contributed by atoms with E-state index in [1.54, 1.807) is 0 Å². The van der Waals surface area contributed by atoms with Crippen molar-refractivity contribution in [3.8, 4) is 22.3 Å². The number of hydrogen-bond acceptors (Lipinski definition) is 2. The summed E-state index contributed by atoms with van der Waals surface area (Å²) in [7, 11) is 0. The van der Waals surface area contributed by atoms with E-state index >= 15 is 0 Å². The van der Waals surface area contributed by atoms with Crippen LogP contribution < -0.4 is 4.90 Å². The van der Waals surface area contributed by atoms with Gasteiger partial charge in [-0.05, 0) is 74.6 Å². The van der Waals surface area contributed by atoms with Gasteiger partial charge in [0.1, 0.15) is 0 Å². The molecule has 0 spiro atoms. The van der Waals surface area contributed by atoms with Crippen LogP contribution in [0.5, 0.6) is 0 Å². The van der Waals surface area contributed by atoms with Crippen LogP contribution in [0.15, 0.2) is 176 Å². The average Bonchev–Trinajstić information content (AvgIpc) is 3.51. The van der Waals surface area contributed by atoms with Gasteiger partial charge in [0.05, 0.1) is 5.69 Å². The molecule has 0 fully saturated rings. The Morgan fingerprint density at radius 3 is 1.93 bits per heavy atom. The topological polar surface area (TPSA) is 3.24 Å². The zero-order valence-corrected chi connectivity index (χ0v) is 25.9. The second-order valence-corrected chi connectivity index (χ2v) is 12.8. The fraction of sp³-hybridized carbons (Fsp3) is 0. The van der Waals surface area contributed by atoms with Crippen LogP contribution in [0.4, 0.5) is 17.1 Å². The molecule has 0 aliphatic carbocycles. The molecule has 46 heavy (non-hydrogen) atoms. The van der Waals surface area contributed by atoms with Crippen LogP contribution in [0.2, 0.25) is 0 Å². The molecule has 8 aromatic carbocycles. The van der Waals surface area contributed by atoms with Gasteiger partial charge in [-0.3, -0.25) is 0 Å². The SMILES string of the molecule is c1cc(-c2cccc3c2sc2ccccc23)cc(N(c2ccc3ccccc3c2)c2ccccc2-c2cccc3ccccc23)c1. The second kappa shape index (κ2) is 11.0. The fourth-order valence-electron chi connectivity index (χ4n) is 6.89. The van der Waals surface area contributed by atoms with E-state index in [4.69, 9.17) is 0 Å². The normalized spacial score (nSPS) is 11.5. The molecule has 0 unspecified atom stereocenters. The number of nitrogens with zero attached hydrogens (tertiary/aromatic N) is 1. The van der Waals surface area contributed by atoms with Gasteiger partial charge in [-0.2, -0.15) is 0 Å². The Kier molecular flexibility index (Phi) is 6.40. The Balaban J connectivity index is 1.28. The summed E-state index contributed by atoms with van der Waals surface area (Å²) in [6, 6.07) is 64.0. The van der Waals surface area contributed by atoms with E-state index in [2.05, 4.69) is 181 Å². The van der Waals surface area contributed by atoms with Crippen LogP contribution in [-0.4, -0.2) is 0 Å². The summed E-state index contributed by atoms with van der Waals surface area (Å²) in [6.07, 6.45) is 0. The van der Waals surface area contributed by atoms with Gasteiger partial charge in [0.15, 0.2) is 0 Å². The van der Waals surface area contributed by atoms with E-state index in [1.807, 2.05) is 11.3 Å². The van der Waals surface area contributed by atoms with Crippen LogP contribution in [0.25, 0.3) is 64.0 Å². The maximum absolute atomic E-state index is 2.43. The van der Waals surface area contributed by atoms with Gasteiger partial charge < -0.3 is 4.90 Å². The second-order valence-electron chi connectivity index (χ2n) is 11.7. The number of benzene rings is 8. The average molecular weight is 604 g/mol. The van der Waals surface area contributed by atoms with Gasteiger partial charge in [-0.15, -0.1) is 11.3 Å². The third kappa shape index (κ3) is 4.46. The van der Waals surface area contributed by atoms with E-state index in [-0.39, 0.29) is 0 Å². The fourth-order valence-corrected chi connectivity index (χ4v) is 8.13. The molecule has 0 aliphatic rings. The van der Waals surface area contributed by atoms with Crippen molar-refractivity contribution in [3.63, 3.8) is 0 Å². The number of thiophene rings is 1. The number of para-hydroxylation sites is 1. The van der Waals surface area contributed by atoms with Crippen molar-refractivity contribution in [2.75, 3.05) is 4.90 Å². The largest absolute Gasteiger partial charge is 0.310 e. The summed E-state index contributed by atoms with van der Waals surface area (Å²) in [5.41, 5.74) is 8.30. The number of fused-ring (bicyclic) bond motifs is 5. The summed E-state index contributed by atoms with van der Waals surface area (Å²) < 4.78 is 2.65. The highest BCUT2D eigenvalue weighted by Crippen LogP contribution is 2.45. The van der Waals surface area contributed by atoms with Gasteiger partial charge in [0.2, 0.25) is 0 Å². The van der Waals surface area contributed by atoms with Crippen molar-refractivity contribution in [1.29, 1.82) is 0 Å². The van der Waals surface area contributed by atoms with Crippen LogP contribution in [0, 0.1) is 0 Å². The maximum Gasteiger partial charge on any atom is 0.0540 e. The first-order valence-electron chi connectivity index (χ1n) is 15.7. The Hall–Kier alpha value is -5.70. The molecule has 0 N–H and O–H groups in total. The highest BCUT2D eigenvalue weighted by Gasteiger charge is 2.20. The lowest BCUT2D eigenvalue weighted by Crippen LogP contribution is -2.11. The zero-order chi connectivity index (χ0) is 30.5. The Morgan fingerprint density at radius 2 is 1.00 bits per heavy atom. The molecule has 1 aromatic heterocycles. The molecular weight excluding hydrogens is 575 g/mol. The lowest BCUT2D eigenvalue weighted by Gasteiger charge is -2.29. The third-order valence-electron chi connectivity index (χ3n) is 9.04. The predicted octanol–water partition coefficient (Wildman–Crippen LogP) is 13.2. The van der Waals surface area contributed by atoms with Gasteiger partial charge in [-0.25, -0.2) is 0 Å². The van der Waals surface area contributed by atoms with Crippen molar-refractivity contribution >= 4 is 70.1 Å². The van der Waals surface area contributed by atoms with Crippen molar-refractivity contribution in [2.45, 2.75) is 0 Å². The smallest absolute Gasteiger partial charge is 0.0540 e. The molecule has 0 saturated carbocycles. The first-order chi connectivity index (χ1) is 22.8. The van der Waals surface area contributed by atoms with Crippen molar-refractivity contribution in [2.24, 2.45) is 0 Å². The molecule has 1 nitrogen and oxygen atoms in total. The standard InChI is InChI=1S/C44H29NS/c1-2-14-32-28-35(27-26-30(32)12-1)45(42-24-7-5-19-39(42)38-22-10-15-31-13-3-4-18-36(31)38)34-17-9-16-33(29-34)37-21-11-23-41-40-20-6-8-25-43(40)46-44(37)41/h1-29H. The third-order valence-corrected chi connectivity index (χ3v) is 10.3. The van der Waals surface area contributed by atoms with Crippen LogP contribution >= 0.6 is 11.3 Å². The van der Waals surface area contributed by atoms with E-state index in [0.29, 0.717) is 0 Å². The highest BCUT2D eigenvalue weighted by molar-refractivity contribution is 7.26. The molecule has 9 aromatic rings. The minimum atomic E-state index is 1.12. The molecular formula is C44H29NS. The minimum absolute atomic E-state index is 1.12. The Bertz CT molecular complexity index is 2550. The number of hydrogen-bond donors (Lipinski definition) is 0. The van der Waals surface area contributed by atoms with E-state index < -0.39 is 0 Å². The van der Waals surface area contributed by atoms with Crippen molar-refractivity contribution in [3.05, 3.63) is 176 Å². The number of rotatable bonds is 5. The van der Waals surface area contributed by atoms with Crippen molar-refractivity contribution in [1.82, 2.24) is 0 Å². The molecule has 0 amide bonds. The van der Waals surface area contributed by atoms with Gasteiger partial charge in [0, 0.05) is 37.1 Å². The Labute approximate surface area is 272 Å². The van der Waals surface area contributed by atoms with Crippen LogP contribution in [0.3, 0.4) is 0 Å². The zero-order valence-electron chi connectivity index (χ0n) is 25.1. The summed E-state index contributed by atoms with van der Waals surface area (Å²) in [6.45, 7) is 0. The molecule has 1 heterocycles. The summed E-state index contributed by atoms with van der Waals surface area (Å²) in [4.78, 5) is 2.43. The number of anilines is 3. The molecule has 0 bridgehead atoms. The molecule has 9 rings (SSSR count). The molecule has 0 radical (unpaired) electrons. The predicted molar refractivity (Wildman–Crippen MR) is 200 cm³/mol. The summed E-state index contributed by atoms with van der Waals surface area (Å²) in [5, 5.41) is 7.59. The highest BCUT2D eigenvalue weighted by atomic mass is 32.1. The Morgan fingerprint density at radius 1 is 0.370 bits per heavy atom. The maximum atomic E-state index is 2.43. The van der Waals surface area contributed by atoms with Crippen molar-refractivity contribution < 1.29 is 0 Å². The molecule has 216 valence electrons. The summed E-state index contributed by atoms with van der Waals surface area (Å²) >= 11 is 1.88. The summed E-state index contributed by atoms with van der Waals surface area (Å²) in [5.74, 6) is 0. The molecule has 0 saturated heterocycles. The van der Waals surface area contributed by atoms with E-state index in [9.17, 15) is 0 Å². The van der Waals surface area contributed by atoms with Crippen LogP contribution in [-0.2, 0) is 0 Å². The first-order valence-corrected chi connectivity index (χ1v) is 16.5. The van der Waals surface area contributed by atoms with E-state index in [0.717, 1.165) is 17.1 Å². The quantitative estimate of drug-likeness (QED) is 0.189. The lowest BCUT2D eigenvalue weighted by atomic mass is 9.95.